The Morgan fingerprint density at radius 2 is 2.04 bits per heavy atom. The SMILES string of the molecule is CCOc1ccc2oc(C(=O)N/N=C/c3ccc(O)cc3)cc2c1. The Labute approximate surface area is 138 Å². The molecule has 0 aliphatic carbocycles. The summed E-state index contributed by atoms with van der Waals surface area (Å²) in [5.41, 5.74) is 3.76. The van der Waals surface area contributed by atoms with Crippen LogP contribution < -0.4 is 10.2 Å². The van der Waals surface area contributed by atoms with Crippen molar-refractivity contribution in [2.24, 2.45) is 5.10 Å². The summed E-state index contributed by atoms with van der Waals surface area (Å²) in [6, 6.07) is 13.5. The Kier molecular flexibility index (Phi) is 4.47. The Bertz CT molecular complexity index is 882. The molecule has 1 amide bonds. The first-order valence-electron chi connectivity index (χ1n) is 7.44. The summed E-state index contributed by atoms with van der Waals surface area (Å²) in [5, 5.41) is 13.9. The number of phenolic OH excluding ortho intramolecular Hbond substituents is 1. The lowest BCUT2D eigenvalue weighted by molar-refractivity contribution is 0.0929. The second kappa shape index (κ2) is 6.87. The summed E-state index contributed by atoms with van der Waals surface area (Å²) in [6.45, 7) is 2.48. The number of carbonyl (C=O) groups is 1. The van der Waals surface area contributed by atoms with Crippen LogP contribution in [0.4, 0.5) is 0 Å². The van der Waals surface area contributed by atoms with Gasteiger partial charge in [0.25, 0.3) is 0 Å². The van der Waals surface area contributed by atoms with Crippen molar-refractivity contribution in [1.29, 1.82) is 0 Å². The molecule has 2 aromatic carbocycles. The third kappa shape index (κ3) is 3.55. The van der Waals surface area contributed by atoms with Crippen LogP contribution in [0.5, 0.6) is 11.5 Å². The van der Waals surface area contributed by atoms with Gasteiger partial charge in [-0.2, -0.15) is 5.10 Å². The Balaban J connectivity index is 1.70. The minimum absolute atomic E-state index is 0.168. The van der Waals surface area contributed by atoms with E-state index in [9.17, 15) is 9.90 Å². The minimum atomic E-state index is -0.445. The van der Waals surface area contributed by atoms with Crippen molar-refractivity contribution in [3.63, 3.8) is 0 Å². The van der Waals surface area contributed by atoms with Crippen LogP contribution in [0.15, 0.2) is 58.0 Å². The van der Waals surface area contributed by atoms with Crippen molar-refractivity contribution in [2.45, 2.75) is 6.92 Å². The van der Waals surface area contributed by atoms with E-state index in [0.717, 1.165) is 16.7 Å². The Morgan fingerprint density at radius 1 is 1.25 bits per heavy atom. The van der Waals surface area contributed by atoms with Crippen LogP contribution in [0.1, 0.15) is 23.0 Å². The van der Waals surface area contributed by atoms with Crippen LogP contribution in [0.2, 0.25) is 0 Å². The molecule has 24 heavy (non-hydrogen) atoms. The molecule has 0 unspecified atom stereocenters. The van der Waals surface area contributed by atoms with Gasteiger partial charge in [-0.25, -0.2) is 5.43 Å². The lowest BCUT2D eigenvalue weighted by Crippen LogP contribution is -2.16. The lowest BCUT2D eigenvalue weighted by atomic mass is 10.2. The van der Waals surface area contributed by atoms with E-state index >= 15 is 0 Å². The normalized spacial score (nSPS) is 11.0. The standard InChI is InChI=1S/C18H16N2O4/c1-2-23-15-7-8-16-13(9-15)10-17(24-16)18(22)20-19-11-12-3-5-14(21)6-4-12/h3-11,21H,2H2,1H3,(H,20,22)/b19-11+. The van der Waals surface area contributed by atoms with Gasteiger partial charge in [-0.05, 0) is 61.0 Å². The van der Waals surface area contributed by atoms with E-state index < -0.39 is 5.91 Å². The molecule has 1 heterocycles. The fourth-order valence-corrected chi connectivity index (χ4v) is 2.17. The van der Waals surface area contributed by atoms with Gasteiger partial charge in [0, 0.05) is 5.39 Å². The molecule has 6 nitrogen and oxygen atoms in total. The van der Waals surface area contributed by atoms with E-state index in [2.05, 4.69) is 10.5 Å². The largest absolute Gasteiger partial charge is 0.508 e. The first kappa shape index (κ1) is 15.6. The highest BCUT2D eigenvalue weighted by Gasteiger charge is 2.12. The van der Waals surface area contributed by atoms with Gasteiger partial charge in [0.2, 0.25) is 0 Å². The molecule has 122 valence electrons. The summed E-state index contributed by atoms with van der Waals surface area (Å²) in [4.78, 5) is 12.1. The van der Waals surface area contributed by atoms with Crippen LogP contribution in [0.25, 0.3) is 11.0 Å². The molecule has 0 radical (unpaired) electrons. The average molecular weight is 324 g/mol. The summed E-state index contributed by atoms with van der Waals surface area (Å²) in [6.07, 6.45) is 1.48. The van der Waals surface area contributed by atoms with E-state index in [1.807, 2.05) is 13.0 Å². The zero-order valence-electron chi connectivity index (χ0n) is 13.0. The molecule has 3 rings (SSSR count). The number of rotatable bonds is 5. The number of amides is 1. The number of ether oxygens (including phenoxy) is 1. The molecule has 2 N–H and O–H groups in total. The van der Waals surface area contributed by atoms with Crippen LogP contribution in [0.3, 0.4) is 0 Å². The average Bonchev–Trinajstić information content (AvgIpc) is 3.00. The maximum atomic E-state index is 12.1. The summed E-state index contributed by atoms with van der Waals surface area (Å²) >= 11 is 0. The van der Waals surface area contributed by atoms with Crippen LogP contribution in [-0.4, -0.2) is 23.8 Å². The molecule has 0 bridgehead atoms. The lowest BCUT2D eigenvalue weighted by Gasteiger charge is -2.00. The van der Waals surface area contributed by atoms with Gasteiger partial charge < -0.3 is 14.3 Å². The van der Waals surface area contributed by atoms with Gasteiger partial charge in [0.05, 0.1) is 12.8 Å². The molecule has 0 aliphatic heterocycles. The van der Waals surface area contributed by atoms with E-state index in [1.54, 1.807) is 42.5 Å². The van der Waals surface area contributed by atoms with E-state index in [4.69, 9.17) is 9.15 Å². The van der Waals surface area contributed by atoms with Gasteiger partial charge in [-0.3, -0.25) is 4.79 Å². The zero-order chi connectivity index (χ0) is 16.9. The number of furan rings is 1. The fourth-order valence-electron chi connectivity index (χ4n) is 2.17. The Hall–Kier alpha value is -3.28. The minimum Gasteiger partial charge on any atom is -0.508 e. The van der Waals surface area contributed by atoms with E-state index in [1.165, 1.54) is 6.21 Å². The van der Waals surface area contributed by atoms with Crippen molar-refractivity contribution in [1.82, 2.24) is 5.43 Å². The van der Waals surface area contributed by atoms with Crippen LogP contribution >= 0.6 is 0 Å². The third-order valence-corrected chi connectivity index (χ3v) is 3.30. The number of carbonyl (C=O) groups excluding carboxylic acids is 1. The second-order valence-electron chi connectivity index (χ2n) is 5.03. The summed E-state index contributed by atoms with van der Waals surface area (Å²) in [7, 11) is 0. The van der Waals surface area contributed by atoms with Crippen molar-refractivity contribution in [3.8, 4) is 11.5 Å². The second-order valence-corrected chi connectivity index (χ2v) is 5.03. The molecule has 0 aliphatic rings. The number of hydrogen-bond donors (Lipinski definition) is 2. The monoisotopic (exact) mass is 324 g/mol. The predicted molar refractivity (Wildman–Crippen MR) is 90.6 cm³/mol. The number of nitrogens with zero attached hydrogens (tertiary/aromatic N) is 1. The van der Waals surface area contributed by atoms with E-state index in [0.29, 0.717) is 12.2 Å². The molecule has 3 aromatic rings. The Morgan fingerprint density at radius 3 is 2.79 bits per heavy atom. The molecular weight excluding hydrogens is 308 g/mol. The van der Waals surface area contributed by atoms with Crippen molar-refractivity contribution < 1.29 is 19.1 Å². The molecule has 0 fully saturated rings. The van der Waals surface area contributed by atoms with Crippen molar-refractivity contribution in [3.05, 3.63) is 59.9 Å². The number of fused-ring (bicyclic) bond motifs is 1. The highest BCUT2D eigenvalue weighted by Crippen LogP contribution is 2.24. The predicted octanol–water partition coefficient (Wildman–Crippen LogP) is 3.30. The van der Waals surface area contributed by atoms with Gasteiger partial charge in [0.15, 0.2) is 5.76 Å². The number of hydrazone groups is 1. The number of phenols is 1. The van der Waals surface area contributed by atoms with Crippen molar-refractivity contribution in [2.75, 3.05) is 6.61 Å². The van der Waals surface area contributed by atoms with Gasteiger partial charge in [-0.15, -0.1) is 0 Å². The molecule has 0 spiro atoms. The summed E-state index contributed by atoms with van der Waals surface area (Å²) in [5.74, 6) is 0.619. The number of hydrogen-bond acceptors (Lipinski definition) is 5. The topological polar surface area (TPSA) is 84.1 Å². The molecule has 0 saturated carbocycles. The van der Waals surface area contributed by atoms with Gasteiger partial charge in [0.1, 0.15) is 17.1 Å². The zero-order valence-corrected chi connectivity index (χ0v) is 13.0. The summed E-state index contributed by atoms with van der Waals surface area (Å²) < 4.78 is 10.9. The first-order chi connectivity index (χ1) is 11.7. The molecule has 1 aromatic heterocycles. The highest BCUT2D eigenvalue weighted by molar-refractivity contribution is 5.96. The van der Waals surface area contributed by atoms with Crippen molar-refractivity contribution >= 4 is 23.1 Å². The van der Waals surface area contributed by atoms with Gasteiger partial charge >= 0.3 is 5.91 Å². The van der Waals surface area contributed by atoms with Crippen LogP contribution in [0, 0.1) is 0 Å². The maximum Gasteiger partial charge on any atom is 0.307 e. The quantitative estimate of drug-likeness (QED) is 0.557. The van der Waals surface area contributed by atoms with E-state index in [-0.39, 0.29) is 11.5 Å². The smallest absolute Gasteiger partial charge is 0.307 e. The molecule has 6 heteroatoms. The number of nitrogens with one attached hydrogen (secondary N) is 1. The molecule has 0 saturated heterocycles. The third-order valence-electron chi connectivity index (χ3n) is 3.30. The first-order valence-corrected chi connectivity index (χ1v) is 7.44. The molecular formula is C18H16N2O4. The number of aromatic hydroxyl groups is 1. The maximum absolute atomic E-state index is 12.1. The highest BCUT2D eigenvalue weighted by atomic mass is 16.5. The van der Waals surface area contributed by atoms with Crippen LogP contribution in [-0.2, 0) is 0 Å². The molecule has 0 atom stereocenters. The fraction of sp³-hybridized carbons (Fsp3) is 0.111. The number of benzene rings is 2. The van der Waals surface area contributed by atoms with Gasteiger partial charge in [-0.1, -0.05) is 0 Å².